The van der Waals surface area contributed by atoms with Crippen molar-refractivity contribution in [3.05, 3.63) is 80.9 Å². The lowest BCUT2D eigenvalue weighted by Crippen LogP contribution is -2.15. The monoisotopic (exact) mass is 443 g/mol. The Labute approximate surface area is 178 Å². The van der Waals surface area contributed by atoms with Gasteiger partial charge in [-0.15, -0.1) is 10.2 Å². The lowest BCUT2D eigenvalue weighted by molar-refractivity contribution is 0.102. The van der Waals surface area contributed by atoms with E-state index in [1.807, 2.05) is 19.1 Å². The Morgan fingerprint density at radius 3 is 2.83 bits per heavy atom. The number of carbonyl (C=O) groups is 1. The van der Waals surface area contributed by atoms with Gasteiger partial charge in [0.25, 0.3) is 11.5 Å². The van der Waals surface area contributed by atoms with Gasteiger partial charge in [0.15, 0.2) is 4.34 Å². The molecule has 29 heavy (non-hydrogen) atoms. The summed E-state index contributed by atoms with van der Waals surface area (Å²) in [6.45, 7) is 1.92. The maximum Gasteiger partial charge on any atom is 0.258 e. The molecule has 146 valence electrons. The minimum atomic E-state index is -0.283. The smallest absolute Gasteiger partial charge is 0.258 e. The number of fused-ring (bicyclic) bond motifs is 1. The zero-order valence-electron chi connectivity index (χ0n) is 15.1. The Bertz CT molecular complexity index is 1250. The predicted molar refractivity (Wildman–Crippen MR) is 115 cm³/mol. The molecule has 0 bridgehead atoms. The van der Waals surface area contributed by atoms with Crippen LogP contribution in [0.3, 0.4) is 0 Å². The molecule has 0 fully saturated rings. The van der Waals surface area contributed by atoms with Crippen molar-refractivity contribution in [1.29, 1.82) is 0 Å². The van der Waals surface area contributed by atoms with E-state index in [9.17, 15) is 9.59 Å². The third-order valence-electron chi connectivity index (χ3n) is 4.02. The third-order valence-corrected chi connectivity index (χ3v) is 6.27. The number of thioether (sulfide) groups is 1. The van der Waals surface area contributed by atoms with E-state index >= 15 is 0 Å². The molecule has 0 unspecified atom stereocenters. The van der Waals surface area contributed by atoms with Gasteiger partial charge in [-0.05, 0) is 42.8 Å². The van der Waals surface area contributed by atoms with Crippen LogP contribution >= 0.6 is 34.7 Å². The molecule has 4 rings (SSSR count). The Morgan fingerprint density at radius 2 is 2.03 bits per heavy atom. The number of nitrogens with one attached hydrogen (secondary N) is 1. The molecule has 0 radical (unpaired) electrons. The van der Waals surface area contributed by atoms with Gasteiger partial charge < -0.3 is 0 Å². The molecule has 0 atom stereocenters. The zero-order valence-corrected chi connectivity index (χ0v) is 17.5. The van der Waals surface area contributed by atoms with Crippen LogP contribution in [-0.2, 0) is 5.75 Å². The van der Waals surface area contributed by atoms with Crippen LogP contribution in [0.4, 0.5) is 5.13 Å². The Balaban J connectivity index is 1.44. The summed E-state index contributed by atoms with van der Waals surface area (Å²) in [4.78, 5) is 29.1. The van der Waals surface area contributed by atoms with Crippen molar-refractivity contribution >= 4 is 51.4 Å². The minimum Gasteiger partial charge on any atom is -0.296 e. The molecule has 0 aliphatic heterocycles. The van der Waals surface area contributed by atoms with Gasteiger partial charge in [0, 0.05) is 28.6 Å². The maximum atomic E-state index is 12.3. The van der Waals surface area contributed by atoms with E-state index in [4.69, 9.17) is 11.6 Å². The SMILES string of the molecule is Cc1cccn2c(=O)cc(CSc3nnc(NC(=O)c4ccc(Cl)cc4)s3)nc12. The van der Waals surface area contributed by atoms with Crippen molar-refractivity contribution in [2.45, 2.75) is 17.0 Å². The second kappa shape index (κ2) is 8.32. The van der Waals surface area contributed by atoms with Crippen LogP contribution in [0.15, 0.2) is 57.8 Å². The fourth-order valence-electron chi connectivity index (χ4n) is 2.61. The highest BCUT2D eigenvalue weighted by molar-refractivity contribution is 8.00. The summed E-state index contributed by atoms with van der Waals surface area (Å²) >= 11 is 8.50. The van der Waals surface area contributed by atoms with Gasteiger partial charge in [-0.3, -0.25) is 19.3 Å². The molecular formula is C19H14ClN5O2S2. The topological polar surface area (TPSA) is 89.3 Å². The van der Waals surface area contributed by atoms with Crippen LogP contribution in [0.2, 0.25) is 5.02 Å². The first-order valence-corrected chi connectivity index (χ1v) is 10.7. The molecule has 4 aromatic rings. The number of rotatable bonds is 5. The highest BCUT2D eigenvalue weighted by Crippen LogP contribution is 2.28. The highest BCUT2D eigenvalue weighted by Gasteiger charge is 2.12. The second-order valence-electron chi connectivity index (χ2n) is 6.09. The summed E-state index contributed by atoms with van der Waals surface area (Å²) in [6, 6.07) is 11.8. The number of benzene rings is 1. The normalized spacial score (nSPS) is 11.0. The second-order valence-corrected chi connectivity index (χ2v) is 8.73. The van der Waals surface area contributed by atoms with Crippen molar-refractivity contribution in [3.63, 3.8) is 0 Å². The van der Waals surface area contributed by atoms with E-state index in [-0.39, 0.29) is 11.5 Å². The molecule has 1 amide bonds. The molecular weight excluding hydrogens is 430 g/mol. The summed E-state index contributed by atoms with van der Waals surface area (Å²) in [6.07, 6.45) is 1.70. The van der Waals surface area contributed by atoms with Gasteiger partial charge in [0.05, 0.1) is 5.69 Å². The molecule has 0 saturated heterocycles. The summed E-state index contributed by atoms with van der Waals surface area (Å²) in [5, 5.41) is 11.8. The number of halogens is 1. The lowest BCUT2D eigenvalue weighted by atomic mass is 10.2. The van der Waals surface area contributed by atoms with Crippen molar-refractivity contribution in [3.8, 4) is 0 Å². The van der Waals surface area contributed by atoms with Crippen LogP contribution in [0, 0.1) is 6.92 Å². The predicted octanol–water partition coefficient (Wildman–Crippen LogP) is 4.05. The number of hydrogen-bond donors (Lipinski definition) is 1. The number of hydrogen-bond acceptors (Lipinski definition) is 7. The fraction of sp³-hybridized carbons (Fsp3) is 0.105. The van der Waals surface area contributed by atoms with Crippen LogP contribution in [-0.4, -0.2) is 25.5 Å². The number of aryl methyl sites for hydroxylation is 1. The minimum absolute atomic E-state index is 0.123. The summed E-state index contributed by atoms with van der Waals surface area (Å²) < 4.78 is 2.20. The molecule has 0 spiro atoms. The number of amides is 1. The first kappa shape index (κ1) is 19.6. The Morgan fingerprint density at radius 1 is 1.24 bits per heavy atom. The molecule has 10 heteroatoms. The Kier molecular flexibility index (Phi) is 5.61. The first-order chi connectivity index (χ1) is 14.0. The lowest BCUT2D eigenvalue weighted by Gasteiger charge is -2.05. The van der Waals surface area contributed by atoms with Gasteiger partial charge in [0.2, 0.25) is 5.13 Å². The number of anilines is 1. The molecule has 1 aromatic carbocycles. The third kappa shape index (κ3) is 4.47. The van der Waals surface area contributed by atoms with Crippen molar-refractivity contribution in [2.75, 3.05) is 5.32 Å². The highest BCUT2D eigenvalue weighted by atomic mass is 35.5. The molecule has 0 aliphatic rings. The van der Waals surface area contributed by atoms with Crippen LogP contribution in [0.5, 0.6) is 0 Å². The Hall–Kier alpha value is -2.75. The number of carbonyl (C=O) groups excluding carboxylic acids is 1. The quantitative estimate of drug-likeness (QED) is 0.369. The fourth-order valence-corrected chi connectivity index (χ4v) is 4.37. The van der Waals surface area contributed by atoms with E-state index in [0.29, 0.717) is 37.2 Å². The molecule has 0 aliphatic carbocycles. The largest absolute Gasteiger partial charge is 0.296 e. The van der Waals surface area contributed by atoms with E-state index in [1.54, 1.807) is 30.5 Å². The summed E-state index contributed by atoms with van der Waals surface area (Å²) in [5.41, 5.74) is 2.59. The van der Waals surface area contributed by atoms with E-state index < -0.39 is 0 Å². The average Bonchev–Trinajstić information content (AvgIpc) is 3.15. The number of aromatic nitrogens is 4. The molecule has 1 N–H and O–H groups in total. The van der Waals surface area contributed by atoms with Gasteiger partial charge in [-0.2, -0.15) is 0 Å². The first-order valence-electron chi connectivity index (χ1n) is 8.51. The standard InChI is InChI=1S/C19H14ClN5O2S2/c1-11-3-2-8-25-15(26)9-14(21-16(11)25)10-28-19-24-23-18(29-19)22-17(27)12-4-6-13(20)7-5-12/h2-9H,10H2,1H3,(H,22,23,27). The van der Waals surface area contributed by atoms with E-state index in [1.165, 1.54) is 33.6 Å². The van der Waals surface area contributed by atoms with E-state index in [0.717, 1.165) is 5.56 Å². The average molecular weight is 444 g/mol. The maximum absolute atomic E-state index is 12.3. The van der Waals surface area contributed by atoms with E-state index in [2.05, 4.69) is 20.5 Å². The summed E-state index contributed by atoms with van der Waals surface area (Å²) in [5.74, 6) is 0.189. The van der Waals surface area contributed by atoms with Crippen LogP contribution in [0.1, 0.15) is 21.6 Å². The van der Waals surface area contributed by atoms with Crippen LogP contribution in [0.25, 0.3) is 5.65 Å². The summed E-state index contributed by atoms with van der Waals surface area (Å²) in [7, 11) is 0. The molecule has 7 nitrogen and oxygen atoms in total. The molecule has 3 heterocycles. The van der Waals surface area contributed by atoms with Crippen molar-refractivity contribution < 1.29 is 4.79 Å². The van der Waals surface area contributed by atoms with Gasteiger partial charge in [0.1, 0.15) is 5.65 Å². The number of nitrogens with zero attached hydrogens (tertiary/aromatic N) is 4. The van der Waals surface area contributed by atoms with Gasteiger partial charge in [-0.1, -0.05) is 40.8 Å². The molecule has 3 aromatic heterocycles. The van der Waals surface area contributed by atoms with Crippen LogP contribution < -0.4 is 10.9 Å². The van der Waals surface area contributed by atoms with Crippen molar-refractivity contribution in [1.82, 2.24) is 19.6 Å². The molecule has 0 saturated carbocycles. The van der Waals surface area contributed by atoms with Gasteiger partial charge >= 0.3 is 0 Å². The van der Waals surface area contributed by atoms with Crippen molar-refractivity contribution in [2.24, 2.45) is 0 Å². The number of pyridine rings is 1. The van der Waals surface area contributed by atoms with Gasteiger partial charge in [-0.25, -0.2) is 4.98 Å². The zero-order chi connectivity index (χ0) is 20.4.